The van der Waals surface area contributed by atoms with Crippen molar-refractivity contribution in [3.8, 4) is 0 Å². The highest BCUT2D eigenvalue weighted by Gasteiger charge is 2.16. The van der Waals surface area contributed by atoms with Gasteiger partial charge >= 0.3 is 0 Å². The zero-order chi connectivity index (χ0) is 11.4. The molecule has 0 fully saturated rings. The summed E-state index contributed by atoms with van der Waals surface area (Å²) in [6, 6.07) is 0. The van der Waals surface area contributed by atoms with Gasteiger partial charge in [-0.15, -0.1) is 0 Å². The topological polar surface area (TPSA) is 34.1 Å². The largest absolute Gasteiger partial charge is 0.303 e. The lowest BCUT2D eigenvalue weighted by Gasteiger charge is -2.15. The Hall–Kier alpha value is -1.70. The number of hydrogen-bond donors (Lipinski definition) is 0. The van der Waals surface area contributed by atoms with Crippen LogP contribution in [0.1, 0.15) is 12.8 Å². The number of hydrogen-bond acceptors (Lipinski definition) is 2. The molecule has 2 rings (SSSR count). The Morgan fingerprint density at radius 2 is 1.44 bits per heavy atom. The molecule has 2 atom stereocenters. The number of allylic oxidation sites excluding steroid dienone is 8. The van der Waals surface area contributed by atoms with Crippen molar-refractivity contribution in [2.24, 2.45) is 11.8 Å². The highest BCUT2D eigenvalue weighted by atomic mass is 16.1. The van der Waals surface area contributed by atoms with Crippen LogP contribution in [-0.2, 0) is 9.59 Å². The number of carbonyl (C=O) groups excluding carboxylic acids is 2. The first-order valence-electron chi connectivity index (χ1n) is 5.48. The van der Waals surface area contributed by atoms with E-state index < -0.39 is 0 Å². The van der Waals surface area contributed by atoms with Crippen LogP contribution in [0.4, 0.5) is 0 Å². The first-order valence-corrected chi connectivity index (χ1v) is 5.48. The standard InChI is InChI=1S/C14H14O2/c15-9-13-6-11-3-1-2-4-12(5-11)7-14(8-13)10-16/h1-4,6-7,9-10,13-14H,5,8H2/t13-,14-/m1/s1. The van der Waals surface area contributed by atoms with Crippen LogP contribution in [0, 0.1) is 11.8 Å². The lowest BCUT2D eigenvalue weighted by molar-refractivity contribution is -0.112. The molecule has 0 unspecified atom stereocenters. The summed E-state index contributed by atoms with van der Waals surface area (Å²) in [4.78, 5) is 21.8. The molecular weight excluding hydrogens is 200 g/mol. The molecule has 2 bridgehead atoms. The fraction of sp³-hybridized carbons (Fsp3) is 0.286. The van der Waals surface area contributed by atoms with Gasteiger partial charge < -0.3 is 9.59 Å². The zero-order valence-electron chi connectivity index (χ0n) is 9.00. The molecule has 0 saturated carbocycles. The molecule has 0 spiro atoms. The van der Waals surface area contributed by atoms with Gasteiger partial charge in [0.1, 0.15) is 12.6 Å². The van der Waals surface area contributed by atoms with Gasteiger partial charge in [0.05, 0.1) is 0 Å². The Kier molecular flexibility index (Phi) is 3.30. The van der Waals surface area contributed by atoms with Gasteiger partial charge in [0, 0.05) is 11.8 Å². The third-order valence-corrected chi connectivity index (χ3v) is 2.89. The van der Waals surface area contributed by atoms with Gasteiger partial charge in [0.25, 0.3) is 0 Å². The summed E-state index contributed by atoms with van der Waals surface area (Å²) in [5, 5.41) is 0. The first kappa shape index (κ1) is 10.8. The van der Waals surface area contributed by atoms with E-state index in [2.05, 4.69) is 0 Å². The monoisotopic (exact) mass is 214 g/mol. The molecule has 16 heavy (non-hydrogen) atoms. The van der Waals surface area contributed by atoms with Crippen LogP contribution in [0.2, 0.25) is 0 Å². The second-order valence-corrected chi connectivity index (χ2v) is 4.21. The number of rotatable bonds is 2. The van der Waals surface area contributed by atoms with E-state index in [0.29, 0.717) is 6.42 Å². The average Bonchev–Trinajstić information content (AvgIpc) is 2.50. The van der Waals surface area contributed by atoms with Crippen LogP contribution in [0.15, 0.2) is 47.6 Å². The van der Waals surface area contributed by atoms with E-state index in [1.54, 1.807) is 0 Å². The van der Waals surface area contributed by atoms with Crippen LogP contribution < -0.4 is 0 Å². The predicted molar refractivity (Wildman–Crippen MR) is 62.8 cm³/mol. The van der Waals surface area contributed by atoms with Crippen molar-refractivity contribution in [1.82, 2.24) is 0 Å². The molecule has 2 nitrogen and oxygen atoms in total. The van der Waals surface area contributed by atoms with E-state index in [9.17, 15) is 9.59 Å². The van der Waals surface area contributed by atoms with Gasteiger partial charge in [-0.25, -0.2) is 0 Å². The van der Waals surface area contributed by atoms with Gasteiger partial charge in [0.15, 0.2) is 0 Å². The molecule has 0 N–H and O–H groups in total. The quantitative estimate of drug-likeness (QED) is 0.661. The van der Waals surface area contributed by atoms with Crippen LogP contribution in [0.25, 0.3) is 0 Å². The van der Waals surface area contributed by atoms with Crippen LogP contribution in [-0.4, -0.2) is 12.6 Å². The minimum atomic E-state index is -0.147. The highest BCUT2D eigenvalue weighted by molar-refractivity contribution is 5.63. The Morgan fingerprint density at radius 3 is 1.88 bits per heavy atom. The SMILES string of the molecule is O=C[C@@H]1C=C2C=CC=CC(=C[C@@H](C=O)C1)C2. The number of carbonyl (C=O) groups is 2. The molecule has 2 aliphatic carbocycles. The van der Waals surface area contributed by atoms with Crippen LogP contribution in [0.3, 0.4) is 0 Å². The van der Waals surface area contributed by atoms with Gasteiger partial charge in [-0.2, -0.15) is 0 Å². The van der Waals surface area contributed by atoms with Gasteiger partial charge in [0.2, 0.25) is 0 Å². The second kappa shape index (κ2) is 4.88. The molecule has 2 aliphatic rings. The molecule has 0 amide bonds. The summed E-state index contributed by atoms with van der Waals surface area (Å²) in [5.74, 6) is -0.295. The third kappa shape index (κ3) is 2.45. The Balaban J connectivity index is 2.36. The predicted octanol–water partition coefficient (Wildman–Crippen LogP) is 2.39. The molecule has 0 aromatic carbocycles. The van der Waals surface area contributed by atoms with Crippen molar-refractivity contribution < 1.29 is 9.59 Å². The molecular formula is C14H14O2. The molecule has 82 valence electrons. The third-order valence-electron chi connectivity index (χ3n) is 2.89. The number of aldehydes is 2. The number of fused-ring (bicyclic) bond motifs is 2. The smallest absolute Gasteiger partial charge is 0.126 e. The van der Waals surface area contributed by atoms with Crippen molar-refractivity contribution >= 4 is 12.6 Å². The zero-order valence-corrected chi connectivity index (χ0v) is 9.00. The lowest BCUT2D eigenvalue weighted by Crippen LogP contribution is -2.11. The van der Waals surface area contributed by atoms with E-state index >= 15 is 0 Å². The summed E-state index contributed by atoms with van der Waals surface area (Å²) >= 11 is 0. The summed E-state index contributed by atoms with van der Waals surface area (Å²) in [7, 11) is 0. The van der Waals surface area contributed by atoms with Gasteiger partial charge in [-0.3, -0.25) is 0 Å². The van der Waals surface area contributed by atoms with Crippen molar-refractivity contribution in [2.75, 3.05) is 0 Å². The molecule has 0 heterocycles. The maximum absolute atomic E-state index is 10.9. The highest BCUT2D eigenvalue weighted by Crippen LogP contribution is 2.26. The average molecular weight is 214 g/mol. The molecule has 0 saturated heterocycles. The van der Waals surface area contributed by atoms with E-state index in [1.807, 2.05) is 36.5 Å². The summed E-state index contributed by atoms with van der Waals surface area (Å²) in [5.41, 5.74) is 2.30. The minimum absolute atomic E-state index is 0.147. The maximum atomic E-state index is 10.9. The minimum Gasteiger partial charge on any atom is -0.303 e. The van der Waals surface area contributed by atoms with Crippen LogP contribution in [0.5, 0.6) is 0 Å². The van der Waals surface area contributed by atoms with Crippen molar-refractivity contribution in [2.45, 2.75) is 12.8 Å². The van der Waals surface area contributed by atoms with Crippen molar-refractivity contribution in [3.63, 3.8) is 0 Å². The summed E-state index contributed by atoms with van der Waals surface area (Å²) in [6.45, 7) is 0. The fourth-order valence-corrected chi connectivity index (χ4v) is 2.13. The Morgan fingerprint density at radius 1 is 0.938 bits per heavy atom. The van der Waals surface area contributed by atoms with E-state index in [-0.39, 0.29) is 11.8 Å². The van der Waals surface area contributed by atoms with Crippen molar-refractivity contribution in [1.29, 1.82) is 0 Å². The molecule has 2 heteroatoms. The first-order chi connectivity index (χ1) is 7.81. The van der Waals surface area contributed by atoms with E-state index in [0.717, 1.165) is 30.1 Å². The van der Waals surface area contributed by atoms with Gasteiger partial charge in [-0.05, 0) is 24.0 Å². The summed E-state index contributed by atoms with van der Waals surface area (Å²) < 4.78 is 0. The fourth-order valence-electron chi connectivity index (χ4n) is 2.13. The van der Waals surface area contributed by atoms with Crippen molar-refractivity contribution in [3.05, 3.63) is 47.6 Å². The Bertz CT molecular complexity index is 372. The molecule has 0 aromatic heterocycles. The lowest BCUT2D eigenvalue weighted by atomic mass is 9.88. The van der Waals surface area contributed by atoms with Crippen LogP contribution >= 0.6 is 0 Å². The molecule has 0 radical (unpaired) electrons. The Labute approximate surface area is 95.0 Å². The second-order valence-electron chi connectivity index (χ2n) is 4.21. The normalized spacial score (nSPS) is 28.2. The molecule has 0 aromatic rings. The maximum Gasteiger partial charge on any atom is 0.126 e. The van der Waals surface area contributed by atoms with E-state index in [1.165, 1.54) is 0 Å². The van der Waals surface area contributed by atoms with Gasteiger partial charge in [-0.1, -0.05) is 36.5 Å². The molecule has 0 aliphatic heterocycles. The van der Waals surface area contributed by atoms with E-state index in [4.69, 9.17) is 0 Å². The summed E-state index contributed by atoms with van der Waals surface area (Å²) in [6.07, 6.45) is 15.2.